The van der Waals surface area contributed by atoms with Gasteiger partial charge in [0.25, 0.3) is 0 Å². The second-order valence-electron chi connectivity index (χ2n) is 3.30. The van der Waals surface area contributed by atoms with Crippen LogP contribution in [0.2, 0.25) is 0 Å². The van der Waals surface area contributed by atoms with E-state index in [4.69, 9.17) is 4.74 Å². The number of aldehydes is 1. The highest BCUT2D eigenvalue weighted by Crippen LogP contribution is 2.24. The molecule has 1 aromatic heterocycles. The number of hydrogen-bond donors (Lipinski definition) is 0. The van der Waals surface area contributed by atoms with Crippen LogP contribution in [0.5, 0.6) is 5.75 Å². The third-order valence-electron chi connectivity index (χ3n) is 2.09. The molecule has 0 unspecified atom stereocenters. The quantitative estimate of drug-likeness (QED) is 0.796. The van der Waals surface area contributed by atoms with E-state index in [0.29, 0.717) is 18.5 Å². The van der Waals surface area contributed by atoms with Crippen LogP contribution in [0.3, 0.4) is 0 Å². The second-order valence-corrected chi connectivity index (χ2v) is 5.85. The molecule has 0 aliphatic carbocycles. The van der Waals surface area contributed by atoms with E-state index in [1.807, 2.05) is 12.1 Å². The molecule has 0 radical (unpaired) electrons. The summed E-state index contributed by atoms with van der Waals surface area (Å²) in [4.78, 5) is 11.4. The first-order valence-corrected chi connectivity index (χ1v) is 6.42. The fourth-order valence-corrected chi connectivity index (χ4v) is 2.68. The molecule has 0 atom stereocenters. The molecule has 0 aliphatic heterocycles. The highest BCUT2D eigenvalue weighted by atomic mass is 79.9. The van der Waals surface area contributed by atoms with Crippen molar-refractivity contribution in [2.75, 3.05) is 0 Å². The van der Waals surface area contributed by atoms with Crippen LogP contribution in [0.25, 0.3) is 0 Å². The zero-order valence-electron chi connectivity index (χ0n) is 8.65. The van der Waals surface area contributed by atoms with Gasteiger partial charge < -0.3 is 4.74 Å². The topological polar surface area (TPSA) is 26.3 Å². The predicted octanol–water partition coefficient (Wildman–Crippen LogP) is 4.04. The number of halogens is 2. The Balaban J connectivity index is 2.06. The Morgan fingerprint density at radius 2 is 2.18 bits per heavy atom. The van der Waals surface area contributed by atoms with Gasteiger partial charge in [-0.25, -0.2) is 4.39 Å². The summed E-state index contributed by atoms with van der Waals surface area (Å²) < 4.78 is 19.8. The molecule has 0 saturated heterocycles. The van der Waals surface area contributed by atoms with Crippen molar-refractivity contribution in [1.82, 2.24) is 0 Å². The minimum Gasteiger partial charge on any atom is -0.485 e. The predicted molar refractivity (Wildman–Crippen MR) is 68.1 cm³/mol. The number of benzene rings is 1. The highest BCUT2D eigenvalue weighted by Gasteiger charge is 2.05. The lowest BCUT2D eigenvalue weighted by Gasteiger charge is -2.05. The van der Waals surface area contributed by atoms with E-state index in [9.17, 15) is 9.18 Å². The van der Waals surface area contributed by atoms with Crippen molar-refractivity contribution in [2.24, 2.45) is 0 Å². The summed E-state index contributed by atoms with van der Waals surface area (Å²) in [5, 5.41) is 0. The smallest absolute Gasteiger partial charge is 0.165 e. The minimum atomic E-state index is -0.523. The molecule has 0 bridgehead atoms. The summed E-state index contributed by atoms with van der Waals surface area (Å²) >= 11 is 4.88. The molecule has 0 saturated carbocycles. The number of thiophene rings is 1. The maximum Gasteiger partial charge on any atom is 0.165 e. The number of carbonyl (C=O) groups excluding carboxylic acids is 1. The van der Waals surface area contributed by atoms with Crippen molar-refractivity contribution in [3.05, 3.63) is 50.4 Å². The van der Waals surface area contributed by atoms with Crippen LogP contribution in [0.4, 0.5) is 4.39 Å². The molecule has 0 spiro atoms. The van der Waals surface area contributed by atoms with E-state index in [1.165, 1.54) is 23.5 Å². The summed E-state index contributed by atoms with van der Waals surface area (Å²) in [5.74, 6) is -0.370. The largest absolute Gasteiger partial charge is 0.485 e. The lowest BCUT2D eigenvalue weighted by Crippen LogP contribution is -1.96. The van der Waals surface area contributed by atoms with E-state index in [2.05, 4.69) is 15.9 Å². The zero-order valence-corrected chi connectivity index (χ0v) is 11.1. The number of carbonyl (C=O) groups is 1. The van der Waals surface area contributed by atoms with Gasteiger partial charge in [0.1, 0.15) is 12.9 Å². The fraction of sp³-hybridized carbons (Fsp3) is 0.0833. The van der Waals surface area contributed by atoms with E-state index in [1.54, 1.807) is 0 Å². The Kier molecular flexibility index (Phi) is 3.91. The fourth-order valence-electron chi connectivity index (χ4n) is 1.29. The summed E-state index contributed by atoms with van der Waals surface area (Å²) in [6.45, 7) is 0.313. The Labute approximate surface area is 110 Å². The number of ether oxygens (including phenoxy) is 1. The van der Waals surface area contributed by atoms with Gasteiger partial charge in [-0.3, -0.25) is 4.79 Å². The van der Waals surface area contributed by atoms with Crippen molar-refractivity contribution in [3.63, 3.8) is 0 Å². The monoisotopic (exact) mass is 314 g/mol. The summed E-state index contributed by atoms with van der Waals surface area (Å²) in [5.41, 5.74) is 0.300. The molecule has 88 valence electrons. The van der Waals surface area contributed by atoms with Crippen molar-refractivity contribution in [2.45, 2.75) is 6.61 Å². The van der Waals surface area contributed by atoms with Crippen LogP contribution in [-0.2, 0) is 6.61 Å². The molecule has 2 aromatic rings. The van der Waals surface area contributed by atoms with Gasteiger partial charge in [0.2, 0.25) is 0 Å². The number of hydrogen-bond acceptors (Lipinski definition) is 3. The molecule has 0 aliphatic rings. The summed E-state index contributed by atoms with van der Waals surface area (Å²) in [7, 11) is 0. The first kappa shape index (κ1) is 12.3. The van der Waals surface area contributed by atoms with Crippen molar-refractivity contribution in [3.8, 4) is 5.75 Å². The standard InChI is InChI=1S/C12H8BrFO2S/c13-12-4-2-9(17-12)7-16-11-3-1-8(6-15)5-10(11)14/h1-6H,7H2. The van der Waals surface area contributed by atoms with Gasteiger partial charge in [0.15, 0.2) is 11.6 Å². The molecule has 2 rings (SSSR count). The molecule has 17 heavy (non-hydrogen) atoms. The molecular formula is C12H8BrFO2S. The Bertz CT molecular complexity index is 539. The molecule has 1 heterocycles. The number of rotatable bonds is 4. The lowest BCUT2D eigenvalue weighted by atomic mass is 10.2. The van der Waals surface area contributed by atoms with Crippen molar-refractivity contribution in [1.29, 1.82) is 0 Å². The third-order valence-corrected chi connectivity index (χ3v) is 3.69. The van der Waals surface area contributed by atoms with Crippen molar-refractivity contribution < 1.29 is 13.9 Å². The van der Waals surface area contributed by atoms with Crippen LogP contribution in [0, 0.1) is 5.82 Å². The Morgan fingerprint density at radius 1 is 1.35 bits per heavy atom. The maximum absolute atomic E-state index is 13.5. The summed E-state index contributed by atoms with van der Waals surface area (Å²) in [6, 6.07) is 7.96. The normalized spacial score (nSPS) is 10.2. The first-order valence-electron chi connectivity index (χ1n) is 4.81. The van der Waals surface area contributed by atoms with E-state index >= 15 is 0 Å². The Morgan fingerprint density at radius 3 is 2.76 bits per heavy atom. The van der Waals surface area contributed by atoms with E-state index < -0.39 is 5.82 Å². The van der Waals surface area contributed by atoms with Crippen LogP contribution < -0.4 is 4.74 Å². The van der Waals surface area contributed by atoms with Crippen LogP contribution >= 0.6 is 27.3 Å². The van der Waals surface area contributed by atoms with E-state index in [-0.39, 0.29) is 5.75 Å². The molecule has 5 heteroatoms. The molecule has 0 N–H and O–H groups in total. The highest BCUT2D eigenvalue weighted by molar-refractivity contribution is 9.11. The average molecular weight is 315 g/mol. The molecule has 2 nitrogen and oxygen atoms in total. The van der Waals surface area contributed by atoms with Crippen LogP contribution in [0.1, 0.15) is 15.2 Å². The molecular weight excluding hydrogens is 307 g/mol. The van der Waals surface area contributed by atoms with Gasteiger partial charge in [-0.2, -0.15) is 0 Å². The van der Waals surface area contributed by atoms with Gasteiger partial charge in [-0.05, 0) is 46.3 Å². The Hall–Kier alpha value is -1.20. The SMILES string of the molecule is O=Cc1ccc(OCc2ccc(Br)s2)c(F)c1. The van der Waals surface area contributed by atoms with Crippen molar-refractivity contribution >= 4 is 33.6 Å². The van der Waals surface area contributed by atoms with Gasteiger partial charge in [0.05, 0.1) is 3.79 Å². The van der Waals surface area contributed by atoms with Gasteiger partial charge in [-0.15, -0.1) is 11.3 Å². The minimum absolute atomic E-state index is 0.153. The van der Waals surface area contributed by atoms with E-state index in [0.717, 1.165) is 14.7 Å². The summed E-state index contributed by atoms with van der Waals surface area (Å²) in [6.07, 6.45) is 0.600. The third kappa shape index (κ3) is 3.14. The molecule has 1 aromatic carbocycles. The van der Waals surface area contributed by atoms with Crippen LogP contribution in [-0.4, -0.2) is 6.29 Å². The van der Waals surface area contributed by atoms with Gasteiger partial charge >= 0.3 is 0 Å². The zero-order chi connectivity index (χ0) is 12.3. The first-order chi connectivity index (χ1) is 8.19. The average Bonchev–Trinajstić information content (AvgIpc) is 2.73. The lowest BCUT2D eigenvalue weighted by molar-refractivity contribution is 0.112. The van der Waals surface area contributed by atoms with Gasteiger partial charge in [-0.1, -0.05) is 0 Å². The molecule has 0 amide bonds. The second kappa shape index (κ2) is 5.42. The molecule has 0 fully saturated rings. The van der Waals surface area contributed by atoms with Gasteiger partial charge in [0, 0.05) is 10.4 Å². The van der Waals surface area contributed by atoms with Crippen LogP contribution in [0.15, 0.2) is 34.1 Å². The maximum atomic E-state index is 13.5.